The van der Waals surface area contributed by atoms with Gasteiger partial charge in [0.1, 0.15) is 6.61 Å². The van der Waals surface area contributed by atoms with Gasteiger partial charge < -0.3 is 5.11 Å². The van der Waals surface area contributed by atoms with Crippen LogP contribution in [0, 0.1) is 11.8 Å². The number of sulfonamides is 1. The van der Waals surface area contributed by atoms with Gasteiger partial charge in [0.15, 0.2) is 0 Å². The molecule has 1 atom stereocenters. The molecule has 0 spiro atoms. The van der Waals surface area contributed by atoms with E-state index in [2.05, 4.69) is 23.5 Å². The quantitative estimate of drug-likeness (QED) is 0.592. The van der Waals surface area contributed by atoms with Crippen LogP contribution >= 0.6 is 11.8 Å². The van der Waals surface area contributed by atoms with Crippen LogP contribution in [0.5, 0.6) is 0 Å². The molecule has 1 aromatic rings. The highest BCUT2D eigenvalue weighted by Gasteiger charge is 2.16. The smallest absolute Gasteiger partial charge is 0.240 e. The Morgan fingerprint density at radius 3 is 2.57 bits per heavy atom. The van der Waals surface area contributed by atoms with Crippen LogP contribution in [0.25, 0.3) is 0 Å². The molecule has 0 bridgehead atoms. The van der Waals surface area contributed by atoms with Gasteiger partial charge in [0.2, 0.25) is 10.0 Å². The fourth-order valence-corrected chi connectivity index (χ4v) is 3.74. The molecule has 0 heterocycles. The predicted octanol–water partition coefficient (Wildman–Crippen LogP) is 1.84. The van der Waals surface area contributed by atoms with Gasteiger partial charge in [-0.3, -0.25) is 0 Å². The summed E-state index contributed by atoms with van der Waals surface area (Å²) in [7, 11) is -3.49. The third kappa shape index (κ3) is 6.53. The van der Waals surface area contributed by atoms with E-state index in [9.17, 15) is 8.42 Å². The second kappa shape index (κ2) is 9.11. The molecule has 0 aliphatic carbocycles. The van der Waals surface area contributed by atoms with E-state index in [0.29, 0.717) is 5.56 Å². The molecule has 0 radical (unpaired) electrons. The van der Waals surface area contributed by atoms with Crippen molar-refractivity contribution in [2.75, 3.05) is 18.1 Å². The van der Waals surface area contributed by atoms with E-state index < -0.39 is 10.0 Å². The number of aliphatic hydroxyl groups excluding tert-OH is 1. The van der Waals surface area contributed by atoms with E-state index in [1.807, 2.05) is 6.92 Å². The molecule has 1 aromatic carbocycles. The molecule has 0 fully saturated rings. The monoisotopic (exact) mass is 327 g/mol. The van der Waals surface area contributed by atoms with Crippen molar-refractivity contribution in [1.29, 1.82) is 0 Å². The summed E-state index contributed by atoms with van der Waals surface area (Å²) in [6, 6.07) is 6.22. The molecule has 1 rings (SSSR count). The lowest BCUT2D eigenvalue weighted by atomic mass is 10.2. The first-order chi connectivity index (χ1) is 9.99. The van der Waals surface area contributed by atoms with E-state index >= 15 is 0 Å². The summed E-state index contributed by atoms with van der Waals surface area (Å²) >= 11 is 1.80. The third-order valence-electron chi connectivity index (χ3n) is 2.73. The van der Waals surface area contributed by atoms with Crippen LogP contribution in [0.1, 0.15) is 25.8 Å². The normalized spacial score (nSPS) is 12.5. The Hall–Kier alpha value is -1.00. The van der Waals surface area contributed by atoms with Gasteiger partial charge in [-0.1, -0.05) is 18.8 Å². The first-order valence-corrected chi connectivity index (χ1v) is 9.43. The van der Waals surface area contributed by atoms with E-state index in [1.165, 1.54) is 12.1 Å². The highest BCUT2D eigenvalue weighted by molar-refractivity contribution is 7.99. The first-order valence-electron chi connectivity index (χ1n) is 6.79. The van der Waals surface area contributed by atoms with Crippen LogP contribution in [0.3, 0.4) is 0 Å². The average molecular weight is 327 g/mol. The molecule has 0 aliphatic rings. The number of hydrogen-bond acceptors (Lipinski definition) is 4. The lowest BCUT2D eigenvalue weighted by Gasteiger charge is -2.14. The van der Waals surface area contributed by atoms with E-state index in [4.69, 9.17) is 5.11 Å². The van der Waals surface area contributed by atoms with Gasteiger partial charge in [-0.25, -0.2) is 13.1 Å². The molecule has 0 amide bonds. The number of thioether (sulfide) groups is 1. The van der Waals surface area contributed by atoms with E-state index in [-0.39, 0.29) is 17.5 Å². The summed E-state index contributed by atoms with van der Waals surface area (Å²) in [5.74, 6) is 7.23. The number of benzene rings is 1. The van der Waals surface area contributed by atoms with Crippen LogP contribution in [0.2, 0.25) is 0 Å². The van der Waals surface area contributed by atoms with Crippen molar-refractivity contribution < 1.29 is 13.5 Å². The van der Waals surface area contributed by atoms with Crippen LogP contribution in [-0.2, 0) is 10.0 Å². The van der Waals surface area contributed by atoms with E-state index in [1.54, 1.807) is 23.9 Å². The molecule has 116 valence electrons. The Morgan fingerprint density at radius 1 is 1.33 bits per heavy atom. The largest absolute Gasteiger partial charge is 0.384 e. The zero-order valence-electron chi connectivity index (χ0n) is 12.3. The zero-order chi connectivity index (χ0) is 15.7. The summed E-state index contributed by atoms with van der Waals surface area (Å²) in [4.78, 5) is 0.229. The summed E-state index contributed by atoms with van der Waals surface area (Å²) < 4.78 is 27.1. The lowest BCUT2D eigenvalue weighted by molar-refractivity contribution is 0.350. The molecular weight excluding hydrogens is 306 g/mol. The van der Waals surface area contributed by atoms with Crippen molar-refractivity contribution in [2.24, 2.45) is 0 Å². The van der Waals surface area contributed by atoms with Crippen molar-refractivity contribution in [3.8, 4) is 11.8 Å². The molecule has 1 unspecified atom stereocenters. The molecule has 0 saturated heterocycles. The third-order valence-corrected chi connectivity index (χ3v) is 5.27. The number of rotatable bonds is 7. The molecular formula is C15H21NO3S2. The standard InChI is InChI=1S/C15H21NO3S2/c1-3-20-12-10-13(2)16-21(18,19)15-8-6-14(7-9-15)5-4-11-17/h6-9,13,16-17H,3,10-12H2,1-2H3. The predicted molar refractivity (Wildman–Crippen MR) is 87.8 cm³/mol. The summed E-state index contributed by atoms with van der Waals surface area (Å²) in [5.41, 5.74) is 0.676. The Labute approximate surface area is 131 Å². The summed E-state index contributed by atoms with van der Waals surface area (Å²) in [6.07, 6.45) is 0.803. The van der Waals surface area contributed by atoms with Crippen LogP contribution in [0.4, 0.5) is 0 Å². The minimum Gasteiger partial charge on any atom is -0.384 e. The van der Waals surface area contributed by atoms with Crippen LogP contribution < -0.4 is 4.72 Å². The maximum absolute atomic E-state index is 12.2. The van der Waals surface area contributed by atoms with Gasteiger partial charge in [0.25, 0.3) is 0 Å². The lowest BCUT2D eigenvalue weighted by Crippen LogP contribution is -2.33. The highest BCUT2D eigenvalue weighted by Crippen LogP contribution is 2.12. The number of hydrogen-bond donors (Lipinski definition) is 2. The van der Waals surface area contributed by atoms with Gasteiger partial charge in [-0.15, -0.1) is 0 Å². The Balaban J connectivity index is 2.69. The van der Waals surface area contributed by atoms with Crippen molar-refractivity contribution in [2.45, 2.75) is 31.2 Å². The fraction of sp³-hybridized carbons (Fsp3) is 0.467. The van der Waals surface area contributed by atoms with Crippen molar-refractivity contribution in [3.05, 3.63) is 29.8 Å². The van der Waals surface area contributed by atoms with Crippen molar-refractivity contribution in [1.82, 2.24) is 4.72 Å². The molecule has 6 heteroatoms. The first kappa shape index (κ1) is 18.1. The van der Waals surface area contributed by atoms with Crippen LogP contribution in [0.15, 0.2) is 29.2 Å². The Kier molecular flexibility index (Phi) is 7.83. The van der Waals surface area contributed by atoms with Crippen molar-refractivity contribution >= 4 is 21.8 Å². The summed E-state index contributed by atoms with van der Waals surface area (Å²) in [5, 5.41) is 8.62. The minimum absolute atomic E-state index is 0.0945. The maximum atomic E-state index is 12.2. The fourth-order valence-electron chi connectivity index (χ4n) is 1.66. The number of nitrogens with one attached hydrogen (secondary N) is 1. The highest BCUT2D eigenvalue weighted by atomic mass is 32.2. The second-order valence-electron chi connectivity index (χ2n) is 4.49. The van der Waals surface area contributed by atoms with E-state index in [0.717, 1.165) is 17.9 Å². The number of aliphatic hydroxyl groups is 1. The van der Waals surface area contributed by atoms with Gasteiger partial charge >= 0.3 is 0 Å². The average Bonchev–Trinajstić information content (AvgIpc) is 2.45. The second-order valence-corrected chi connectivity index (χ2v) is 7.60. The minimum atomic E-state index is -3.49. The van der Waals surface area contributed by atoms with Crippen LogP contribution in [-0.4, -0.2) is 37.7 Å². The zero-order valence-corrected chi connectivity index (χ0v) is 13.9. The molecule has 21 heavy (non-hydrogen) atoms. The maximum Gasteiger partial charge on any atom is 0.240 e. The SMILES string of the molecule is CCSCCC(C)NS(=O)(=O)c1ccc(C#CCO)cc1. The molecule has 0 saturated carbocycles. The molecule has 2 N–H and O–H groups in total. The van der Waals surface area contributed by atoms with Crippen molar-refractivity contribution in [3.63, 3.8) is 0 Å². The Morgan fingerprint density at radius 2 is 2.00 bits per heavy atom. The Bertz CT molecular complexity index is 586. The van der Waals surface area contributed by atoms with Gasteiger partial charge in [0.05, 0.1) is 4.90 Å². The van der Waals surface area contributed by atoms with Gasteiger partial charge in [-0.2, -0.15) is 11.8 Å². The van der Waals surface area contributed by atoms with Gasteiger partial charge in [0, 0.05) is 11.6 Å². The van der Waals surface area contributed by atoms with Gasteiger partial charge in [-0.05, 0) is 49.1 Å². The molecule has 0 aliphatic heterocycles. The molecule has 4 nitrogen and oxygen atoms in total. The summed E-state index contributed by atoms with van der Waals surface area (Å²) in [6.45, 7) is 3.74. The molecule has 0 aromatic heterocycles. The topological polar surface area (TPSA) is 66.4 Å².